The summed E-state index contributed by atoms with van der Waals surface area (Å²) in [6.07, 6.45) is -7.54. The summed E-state index contributed by atoms with van der Waals surface area (Å²) in [6.45, 7) is 9.75. The van der Waals surface area contributed by atoms with Gasteiger partial charge in [0.25, 0.3) is 5.91 Å². The van der Waals surface area contributed by atoms with Gasteiger partial charge in [-0.2, -0.15) is 4.98 Å². The van der Waals surface area contributed by atoms with E-state index in [1.54, 1.807) is 122 Å². The Bertz CT molecular complexity index is 4680. The molecule has 6 aromatic carbocycles. The summed E-state index contributed by atoms with van der Waals surface area (Å²) in [6, 6.07) is 44.5. The van der Waals surface area contributed by atoms with Crippen molar-refractivity contribution in [3.8, 4) is 16.9 Å². The summed E-state index contributed by atoms with van der Waals surface area (Å²) in [4.78, 5) is 101. The molecule has 24 nitrogen and oxygen atoms in total. The van der Waals surface area contributed by atoms with E-state index in [1.807, 2.05) is 42.6 Å². The number of Topliss-reactive ketones (excluding diaryl/α,β-unsaturated/α-hetero) is 1. The lowest BCUT2D eigenvalue weighted by molar-refractivity contribution is -0.346. The molecule has 0 unspecified atom stereocenters. The highest BCUT2D eigenvalue weighted by Gasteiger charge is 2.78. The highest BCUT2D eigenvalue weighted by molar-refractivity contribution is 7.90. The molecule has 3 aliphatic carbocycles. The van der Waals surface area contributed by atoms with Gasteiger partial charge in [0, 0.05) is 67.4 Å². The first kappa shape index (κ1) is 72.7. The van der Waals surface area contributed by atoms with E-state index in [0.717, 1.165) is 36.8 Å². The molecule has 102 heavy (non-hydrogen) atoms. The molecule has 8 aromatic rings. The smallest absolute Gasteiger partial charge is 0.338 e. The van der Waals surface area contributed by atoms with E-state index in [0.29, 0.717) is 34.3 Å². The van der Waals surface area contributed by atoms with E-state index in [9.17, 15) is 56.9 Å². The largest absolute Gasteiger partial charge is 0.495 e. The molecule has 6 N–H and O–H groups in total. The van der Waals surface area contributed by atoms with Gasteiger partial charge in [-0.25, -0.2) is 26.9 Å². The molecular formula is C76H77FN6O18S. The molecule has 26 heteroatoms. The van der Waals surface area contributed by atoms with Crippen molar-refractivity contribution in [3.63, 3.8) is 0 Å². The first-order valence-corrected chi connectivity index (χ1v) is 34.7. The number of hydrogen-bond donors (Lipinski definition) is 6. The van der Waals surface area contributed by atoms with Gasteiger partial charge in [-0.05, 0) is 121 Å². The number of anilines is 3. The van der Waals surface area contributed by atoms with E-state index in [-0.39, 0.29) is 51.9 Å². The van der Waals surface area contributed by atoms with Crippen LogP contribution in [0.5, 0.6) is 5.75 Å². The Kier molecular flexibility index (Phi) is 20.6. The van der Waals surface area contributed by atoms with E-state index < -0.39 is 128 Å². The Hall–Kier alpha value is -10.5. The maximum atomic E-state index is 15.5. The molecule has 2 saturated carbocycles. The fourth-order valence-electron chi connectivity index (χ4n) is 14.3. The second kappa shape index (κ2) is 28.9. The quantitative estimate of drug-likeness (QED) is 0.0265. The van der Waals surface area contributed by atoms with Crippen LogP contribution >= 0.6 is 0 Å². The van der Waals surface area contributed by atoms with Crippen LogP contribution in [0, 0.1) is 22.6 Å². The minimum Gasteiger partial charge on any atom is -0.495 e. The van der Waals surface area contributed by atoms with Gasteiger partial charge in [-0.15, -0.1) is 5.10 Å². The van der Waals surface area contributed by atoms with Gasteiger partial charge >= 0.3 is 23.9 Å². The number of esters is 4. The number of halogens is 1. The van der Waals surface area contributed by atoms with Crippen molar-refractivity contribution in [1.29, 1.82) is 0 Å². The normalized spacial score (nSPS) is 24.1. The van der Waals surface area contributed by atoms with Crippen LogP contribution in [0.1, 0.15) is 105 Å². The minimum atomic E-state index is -3.38. The molecule has 1 saturated heterocycles. The number of aliphatic hydroxyl groups excluding tert-OH is 2. The van der Waals surface area contributed by atoms with Gasteiger partial charge in [0.15, 0.2) is 39.1 Å². The third kappa shape index (κ3) is 14.2. The SMILES string of the molecule is CC(=O)O[C@H]1C(=O)[C@@]2(C)[C@H]([C@H](OC(=O)c3ccccc3)[C@]3(O)C[C@H](OC(=O)[C@H](O)[C@@H](NC(=O)c4ccccc4)c4ccccc4)C(C)=C1C3(C)C)[C@]1(OC(C)=O)CO[C@@H]1C[C@@H]2O.COc1cc(S(C)(=O)=O)ccc1Nc1nc2ccc(-c3ccc(NC(=O)[C@H](C)c4ccc(F)cc4)cc3)cn2n1. The average Bonchev–Trinajstić information content (AvgIpc) is 0.718. The van der Waals surface area contributed by atoms with Crippen molar-refractivity contribution in [2.45, 2.75) is 126 Å². The number of aromatic nitrogens is 3. The predicted molar refractivity (Wildman–Crippen MR) is 369 cm³/mol. The van der Waals surface area contributed by atoms with Gasteiger partial charge < -0.3 is 59.7 Å². The molecule has 1 aliphatic heterocycles. The average molecular weight is 1410 g/mol. The van der Waals surface area contributed by atoms with Crippen LogP contribution in [0.4, 0.5) is 21.7 Å². The van der Waals surface area contributed by atoms with Crippen LogP contribution in [0.15, 0.2) is 192 Å². The number of benzene rings is 6. The maximum Gasteiger partial charge on any atom is 0.338 e. The third-order valence-corrected chi connectivity index (χ3v) is 21.0. The summed E-state index contributed by atoms with van der Waals surface area (Å²) in [5.41, 5.74) is -2.71. The summed E-state index contributed by atoms with van der Waals surface area (Å²) in [5, 5.41) is 50.7. The standard InChI is InChI=1S/C47H51NO14.C29H26FN5O4S/c1-25-31(60-43(56)36(52)35(28-16-10-7-11-17-28)48-41(54)29-18-12-8-13-19-29)23-47(57)40(61-42(55)30-20-14-9-15-21-30)38-45(6,32(51)22-33-46(38,24-58-33)62-27(3)50)39(53)37(59-26(2)49)34(25)44(47,4)5;1-18(19-4-9-22(30)10-5-19)28(36)31-23-11-6-20(7-12-23)21-8-15-27-33-29(34-35(27)17-21)32-25-14-13-24(40(3,37)38)16-26(25)39-2/h7-21,31-33,35-38,40,51-52,57H,22-24H2,1-6H3,(H,48,54);4-18H,1-3H3,(H,31,36)(H,32,34)/t31-,32-,33+,35-,36+,37+,38-,40-,45+,46-,47+;18-/m01/s1. The van der Waals surface area contributed by atoms with Crippen LogP contribution in [-0.2, 0) is 57.5 Å². The highest BCUT2D eigenvalue weighted by Crippen LogP contribution is 2.64. The van der Waals surface area contributed by atoms with Crippen LogP contribution in [-0.4, -0.2) is 148 Å². The number of nitrogens with zero attached hydrogens (tertiary/aromatic N) is 3. The van der Waals surface area contributed by atoms with Crippen molar-refractivity contribution in [3.05, 3.63) is 215 Å². The van der Waals surface area contributed by atoms with Crippen molar-refractivity contribution in [2.75, 3.05) is 30.6 Å². The summed E-state index contributed by atoms with van der Waals surface area (Å²) in [5.74, 6) is -7.14. The molecule has 0 radical (unpaired) electrons. The van der Waals surface area contributed by atoms with Crippen LogP contribution in [0.25, 0.3) is 16.8 Å². The number of sulfone groups is 1. The second-order valence-corrected chi connectivity index (χ2v) is 28.6. The number of carbonyl (C=O) groups excluding carboxylic acids is 7. The first-order valence-electron chi connectivity index (χ1n) is 32.8. The van der Waals surface area contributed by atoms with Gasteiger partial charge in [0.05, 0.1) is 59.3 Å². The molecule has 532 valence electrons. The maximum absolute atomic E-state index is 15.5. The van der Waals surface area contributed by atoms with Gasteiger partial charge in [-0.3, -0.25) is 24.0 Å². The fourth-order valence-corrected chi connectivity index (χ4v) is 15.0. The third-order valence-electron chi connectivity index (χ3n) is 19.9. The number of rotatable bonds is 18. The Balaban J connectivity index is 0.000000225. The fraction of sp³-hybridized carbons (Fsp3) is 0.329. The van der Waals surface area contributed by atoms with Gasteiger partial charge in [0.2, 0.25) is 11.9 Å². The number of carbonyl (C=O) groups is 7. The number of nitrogens with one attached hydrogen (secondary N) is 3. The second-order valence-electron chi connectivity index (χ2n) is 26.6. The number of fused-ring (bicyclic) bond motifs is 6. The van der Waals surface area contributed by atoms with Gasteiger partial charge in [0.1, 0.15) is 35.5 Å². The molecule has 12 atom stereocenters. The number of amides is 2. The van der Waals surface area contributed by atoms with Crippen LogP contribution in [0.3, 0.4) is 0 Å². The minimum absolute atomic E-state index is 0.00289. The molecule has 2 aromatic heterocycles. The van der Waals surface area contributed by atoms with Crippen molar-refractivity contribution in [1.82, 2.24) is 19.9 Å². The molecule has 2 bridgehead atoms. The van der Waals surface area contributed by atoms with E-state index >= 15 is 4.79 Å². The van der Waals surface area contributed by atoms with Crippen LogP contribution in [0.2, 0.25) is 0 Å². The summed E-state index contributed by atoms with van der Waals surface area (Å²) in [7, 11) is -1.92. The van der Waals surface area contributed by atoms with Crippen molar-refractivity contribution in [2.24, 2.45) is 16.7 Å². The summed E-state index contributed by atoms with van der Waals surface area (Å²) < 4.78 is 74.2. The number of hydrogen-bond acceptors (Lipinski definition) is 21. The lowest BCUT2D eigenvalue weighted by atomic mass is 9.44. The first-order chi connectivity index (χ1) is 48.4. The summed E-state index contributed by atoms with van der Waals surface area (Å²) >= 11 is 0. The Morgan fingerprint density at radius 1 is 0.775 bits per heavy atom. The highest BCUT2D eigenvalue weighted by atomic mass is 32.2. The zero-order valence-corrected chi connectivity index (χ0v) is 58.0. The number of ketones is 1. The lowest BCUT2D eigenvalue weighted by Gasteiger charge is -2.67. The topological polar surface area (TPSA) is 336 Å². The molecule has 12 rings (SSSR count). The lowest BCUT2D eigenvalue weighted by Crippen LogP contribution is -2.82. The van der Waals surface area contributed by atoms with E-state index in [1.165, 1.54) is 57.4 Å². The molecule has 0 spiro atoms. The predicted octanol–water partition coefficient (Wildman–Crippen LogP) is 9.17. The number of ether oxygens (including phenoxy) is 6. The monoisotopic (exact) mass is 1410 g/mol. The zero-order valence-electron chi connectivity index (χ0n) is 57.2. The Morgan fingerprint density at radius 2 is 1.40 bits per heavy atom. The van der Waals surface area contributed by atoms with Gasteiger partial charge in [-0.1, -0.05) is 105 Å². The number of aliphatic hydroxyl groups is 3. The Morgan fingerprint density at radius 3 is 2.00 bits per heavy atom. The Labute approximate surface area is 587 Å². The van der Waals surface area contributed by atoms with Crippen LogP contribution < -0.4 is 20.7 Å². The number of methoxy groups -OCH3 is 1. The van der Waals surface area contributed by atoms with Crippen molar-refractivity contribution >= 4 is 74.3 Å². The molecule has 3 heterocycles. The molecule has 4 aliphatic rings. The van der Waals surface area contributed by atoms with Crippen molar-refractivity contribution < 1.29 is 90.1 Å². The number of pyridine rings is 1. The van der Waals surface area contributed by atoms with E-state index in [4.69, 9.17) is 28.4 Å². The molecule has 3 fully saturated rings. The zero-order chi connectivity index (χ0) is 73.4. The molecular weight excluding hydrogens is 1340 g/mol. The van der Waals surface area contributed by atoms with E-state index in [2.05, 4.69) is 26.0 Å². The molecule has 2 amide bonds.